The first-order valence-corrected chi connectivity index (χ1v) is 22.5. The highest BCUT2D eigenvalue weighted by atomic mass is 16.7. The number of nitrogens with two attached hydrogens (primary N) is 1. The molecule has 6 aromatic rings. The van der Waals surface area contributed by atoms with E-state index in [0.717, 1.165) is 0 Å². The molecule has 0 bridgehead atoms. The van der Waals surface area contributed by atoms with Crippen LogP contribution >= 0.6 is 0 Å². The number of benzene rings is 4. The topological polar surface area (TPSA) is 327 Å². The van der Waals surface area contributed by atoms with E-state index in [4.69, 9.17) is 19.9 Å². The number of nitrogens with zero attached hydrogens (tertiary/aromatic N) is 4. The minimum absolute atomic E-state index is 0.0404. The quantitative estimate of drug-likeness (QED) is 0.0478. The van der Waals surface area contributed by atoms with Crippen LogP contribution in [0.15, 0.2) is 70.7 Å². The predicted molar refractivity (Wildman–Crippen MR) is 249 cm³/mol. The largest absolute Gasteiger partial charge is 0.508 e. The number of ketones is 2. The highest BCUT2D eigenvalue weighted by molar-refractivity contribution is 6.31. The molecule has 0 spiro atoms. The number of amides is 1. The SMILES string of the molecule is COc1cccc2c1C(=O)c1c(O)c3c(c(O)c1C2=O)C[C@@](O)(/C(CO)=N/NC(=O)CCn1ccc2cc(-n4c(-c5cc(C(C)C)c(O)cc5O)n[nH]c4=O)ccc21)C[C@@H]3O[C@H]1C[C@H](N)[C@H](O)[C@H](C)O1. The summed E-state index contributed by atoms with van der Waals surface area (Å²) in [6, 6.07) is 13.3. The molecule has 0 saturated carbocycles. The number of rotatable bonds is 12. The molecule has 366 valence electrons. The van der Waals surface area contributed by atoms with Crippen LogP contribution in [0.3, 0.4) is 0 Å². The average molecular weight is 962 g/mol. The number of nitrogens with one attached hydrogen (secondary N) is 2. The number of aryl methyl sites for hydroxylation is 1. The van der Waals surface area contributed by atoms with Crippen molar-refractivity contribution in [1.29, 1.82) is 0 Å². The van der Waals surface area contributed by atoms with Crippen molar-refractivity contribution in [3.05, 3.63) is 110 Å². The summed E-state index contributed by atoms with van der Waals surface area (Å²) in [5, 5.41) is 90.0. The summed E-state index contributed by atoms with van der Waals surface area (Å²) >= 11 is 0. The van der Waals surface area contributed by atoms with E-state index in [0.29, 0.717) is 22.2 Å². The number of carbonyl (C=O) groups excluding carboxylic acids is 3. The first kappa shape index (κ1) is 47.7. The van der Waals surface area contributed by atoms with Crippen molar-refractivity contribution in [2.45, 2.75) is 95.2 Å². The van der Waals surface area contributed by atoms with E-state index >= 15 is 0 Å². The average Bonchev–Trinajstić information content (AvgIpc) is 3.92. The van der Waals surface area contributed by atoms with E-state index in [2.05, 4.69) is 20.7 Å². The van der Waals surface area contributed by atoms with Gasteiger partial charge in [0.15, 0.2) is 17.9 Å². The number of fused-ring (bicyclic) bond motifs is 4. The summed E-state index contributed by atoms with van der Waals surface area (Å²) in [6.07, 6.45) is -3.89. The number of hydrogen-bond donors (Lipinski definition) is 10. The first-order valence-electron chi connectivity index (χ1n) is 22.5. The third kappa shape index (κ3) is 8.04. The maximum absolute atomic E-state index is 14.1. The molecule has 0 unspecified atom stereocenters. The number of hydrazone groups is 1. The zero-order valence-electron chi connectivity index (χ0n) is 38.3. The maximum atomic E-state index is 14.1. The molecule has 21 heteroatoms. The van der Waals surface area contributed by atoms with Gasteiger partial charge in [0, 0.05) is 78.1 Å². The van der Waals surface area contributed by atoms with Gasteiger partial charge in [-0.2, -0.15) is 10.2 Å². The van der Waals surface area contributed by atoms with E-state index in [-0.39, 0.29) is 81.9 Å². The third-order valence-corrected chi connectivity index (χ3v) is 13.4. The van der Waals surface area contributed by atoms with Gasteiger partial charge in [0.25, 0.3) is 0 Å². The number of phenols is 4. The molecular weight excluding hydrogens is 911 g/mol. The number of hydrogen-bond acceptors (Lipinski definition) is 17. The summed E-state index contributed by atoms with van der Waals surface area (Å²) in [5.74, 6) is -3.92. The standard InChI is InChI=1S/C49H51N7O14/c1-21(2)26-15-27(32(59)17-31(26)58)47-53-54-48(66)56(47)24-8-9-30-23(14-24)10-12-55(30)13-11-36(60)52-51-35(20-57)49(67)18-28-39(34(19-49)70-37-16-29(50)42(61)22(3)69-37)46(65)41-40(44(28)63)43(62)25-6-5-7-33(68-4)38(25)45(41)64/h5-10,12,14-15,17,21-22,29,34,37,42,57-59,61,63,65,67H,11,13,16,18-20,50H2,1-4H3,(H,52,60)(H,54,66)/b51-35+/t22-,29-,34-,37-,42+,49-/m0/s1. The Balaban J connectivity index is 0.975. The molecule has 1 amide bonds. The van der Waals surface area contributed by atoms with Gasteiger partial charge < -0.3 is 60.3 Å². The Morgan fingerprint density at radius 3 is 2.49 bits per heavy atom. The zero-order valence-corrected chi connectivity index (χ0v) is 38.3. The number of aromatic nitrogens is 4. The van der Waals surface area contributed by atoms with Gasteiger partial charge in [-0.1, -0.05) is 26.0 Å². The van der Waals surface area contributed by atoms with Crippen LogP contribution in [0.5, 0.6) is 28.7 Å². The zero-order chi connectivity index (χ0) is 50.1. The summed E-state index contributed by atoms with van der Waals surface area (Å²) in [4.78, 5) is 54.6. The van der Waals surface area contributed by atoms with E-state index in [9.17, 15) is 54.9 Å². The van der Waals surface area contributed by atoms with E-state index in [1.165, 1.54) is 35.9 Å². The van der Waals surface area contributed by atoms with Gasteiger partial charge in [0.05, 0.1) is 65.7 Å². The molecule has 21 nitrogen and oxygen atoms in total. The fourth-order valence-electron chi connectivity index (χ4n) is 9.78. The summed E-state index contributed by atoms with van der Waals surface area (Å²) in [7, 11) is 1.31. The minimum Gasteiger partial charge on any atom is -0.508 e. The molecule has 6 atom stereocenters. The molecule has 11 N–H and O–H groups in total. The number of methoxy groups -OCH3 is 1. The van der Waals surface area contributed by atoms with Gasteiger partial charge in [-0.25, -0.2) is 19.9 Å². The molecule has 4 aromatic carbocycles. The molecule has 0 radical (unpaired) electrons. The van der Waals surface area contributed by atoms with Crippen LogP contribution in [0, 0.1) is 0 Å². The van der Waals surface area contributed by atoms with Gasteiger partial charge in [-0.05, 0) is 54.8 Å². The lowest BCUT2D eigenvalue weighted by Crippen LogP contribution is -2.53. The second-order valence-electron chi connectivity index (χ2n) is 18.1. The number of aliphatic hydroxyl groups is 3. The van der Waals surface area contributed by atoms with Gasteiger partial charge >= 0.3 is 5.69 Å². The lowest BCUT2D eigenvalue weighted by molar-refractivity contribution is -0.245. The monoisotopic (exact) mass is 961 g/mol. The van der Waals surface area contributed by atoms with Crippen LogP contribution in [0.4, 0.5) is 0 Å². The Morgan fingerprint density at radius 1 is 1.01 bits per heavy atom. The van der Waals surface area contributed by atoms with Crippen LogP contribution < -0.4 is 21.6 Å². The van der Waals surface area contributed by atoms with Crippen LogP contribution in [-0.4, -0.2) is 122 Å². The Morgan fingerprint density at radius 2 is 1.77 bits per heavy atom. The number of H-pyrrole nitrogens is 1. The number of carbonyl (C=O) groups is 3. The van der Waals surface area contributed by atoms with E-state index in [1.54, 1.807) is 48.0 Å². The van der Waals surface area contributed by atoms with Crippen molar-refractivity contribution in [3.63, 3.8) is 0 Å². The predicted octanol–water partition coefficient (Wildman–Crippen LogP) is 3.02. The lowest BCUT2D eigenvalue weighted by Gasteiger charge is -2.43. The Hall–Kier alpha value is -7.40. The normalized spacial score (nSPS) is 22.2. The van der Waals surface area contributed by atoms with Crippen molar-refractivity contribution in [1.82, 2.24) is 24.8 Å². The molecule has 1 fully saturated rings. The number of aromatic hydroxyl groups is 4. The maximum Gasteiger partial charge on any atom is 0.348 e. The molecule has 3 aliphatic rings. The Bertz CT molecular complexity index is 3200. The lowest BCUT2D eigenvalue weighted by atomic mass is 9.71. The molecule has 2 aromatic heterocycles. The summed E-state index contributed by atoms with van der Waals surface area (Å²) < 4.78 is 20.7. The smallest absolute Gasteiger partial charge is 0.348 e. The van der Waals surface area contributed by atoms with Crippen LogP contribution in [0.25, 0.3) is 28.0 Å². The van der Waals surface area contributed by atoms with Crippen LogP contribution in [0.2, 0.25) is 0 Å². The Kier molecular flexibility index (Phi) is 12.4. The molecule has 1 saturated heterocycles. The van der Waals surface area contributed by atoms with Crippen molar-refractivity contribution < 1.29 is 64.3 Å². The molecule has 9 rings (SSSR count). The third-order valence-electron chi connectivity index (χ3n) is 13.4. The van der Waals surface area contributed by atoms with Crippen molar-refractivity contribution in [3.8, 4) is 45.8 Å². The van der Waals surface area contributed by atoms with Gasteiger partial charge in [0.1, 0.15) is 34.3 Å². The van der Waals surface area contributed by atoms with Crippen molar-refractivity contribution in [2.75, 3.05) is 13.7 Å². The minimum atomic E-state index is -2.22. The fraction of sp³-hybridized carbons (Fsp3) is 0.347. The van der Waals surface area contributed by atoms with Gasteiger partial charge in [-0.3, -0.25) is 14.4 Å². The number of aliphatic hydroxyl groups excluding tert-OH is 2. The number of phenolic OH excluding ortho intramolecular Hbond substituents is 4. The number of aromatic amines is 1. The van der Waals surface area contributed by atoms with Crippen LogP contribution in [0.1, 0.15) is 101 Å². The van der Waals surface area contributed by atoms with Crippen LogP contribution in [-0.2, 0) is 27.2 Å². The van der Waals surface area contributed by atoms with E-state index in [1.807, 2.05) is 13.8 Å². The van der Waals surface area contributed by atoms with E-state index < -0.39 is 101 Å². The molecule has 2 aliphatic carbocycles. The summed E-state index contributed by atoms with van der Waals surface area (Å²) in [5.41, 5.74) is 5.77. The molecule has 3 heterocycles. The Labute approximate surface area is 398 Å². The second-order valence-corrected chi connectivity index (χ2v) is 18.1. The highest BCUT2D eigenvalue weighted by Gasteiger charge is 2.49. The number of ether oxygens (including phenoxy) is 3. The molecule has 1 aliphatic heterocycles. The fourth-order valence-corrected chi connectivity index (χ4v) is 9.78. The molecular formula is C49H51N7O14. The molecule has 70 heavy (non-hydrogen) atoms. The first-order chi connectivity index (χ1) is 33.3. The van der Waals surface area contributed by atoms with Gasteiger partial charge in [-0.15, -0.1) is 0 Å². The van der Waals surface area contributed by atoms with Crippen molar-refractivity contribution >= 4 is 34.1 Å². The highest BCUT2D eigenvalue weighted by Crippen LogP contribution is 2.53. The van der Waals surface area contributed by atoms with Crippen molar-refractivity contribution in [2.24, 2.45) is 10.8 Å². The summed E-state index contributed by atoms with van der Waals surface area (Å²) in [6.45, 7) is 4.56. The van der Waals surface area contributed by atoms with Gasteiger partial charge in [0.2, 0.25) is 11.7 Å². The second kappa shape index (κ2) is 18.2.